The number of aromatic amines is 1. The van der Waals surface area contributed by atoms with Gasteiger partial charge in [-0.1, -0.05) is 12.1 Å². The lowest BCUT2D eigenvalue weighted by Gasteiger charge is -2.35. The molecule has 2 heterocycles. The van der Waals surface area contributed by atoms with Gasteiger partial charge in [0.05, 0.1) is 27.3 Å². The van der Waals surface area contributed by atoms with Gasteiger partial charge in [-0.2, -0.15) is 0 Å². The zero-order valence-corrected chi connectivity index (χ0v) is 18.1. The van der Waals surface area contributed by atoms with Crippen LogP contribution in [-0.2, 0) is 16.6 Å². The predicted octanol–water partition coefficient (Wildman–Crippen LogP) is 1.06. The number of para-hydroxylation sites is 1. The minimum atomic E-state index is -3.78. The number of hydrogen-bond donors (Lipinski definition) is 2. The lowest BCUT2D eigenvalue weighted by Crippen LogP contribution is -2.46. The van der Waals surface area contributed by atoms with Crippen LogP contribution in [0.2, 0.25) is 0 Å². The molecule has 1 aromatic heterocycles. The molecule has 168 valence electrons. The Labute approximate surface area is 183 Å². The van der Waals surface area contributed by atoms with E-state index < -0.39 is 14.9 Å². The summed E-state index contributed by atoms with van der Waals surface area (Å²) in [6.07, 6.45) is 0. The molecule has 0 amide bonds. The lowest BCUT2D eigenvalue weighted by molar-refractivity contribution is -0.384. The number of hydrogen-bond acceptors (Lipinski definition) is 8. The fourth-order valence-corrected chi connectivity index (χ4v) is 4.52. The quantitative estimate of drug-likeness (QED) is 0.413. The van der Waals surface area contributed by atoms with E-state index in [9.17, 15) is 23.3 Å². The maximum atomic E-state index is 12.3. The minimum absolute atomic E-state index is 0.152. The number of nitrogens with one attached hydrogen (secondary N) is 2. The number of aromatic nitrogens is 2. The van der Waals surface area contributed by atoms with Crippen LogP contribution in [0.1, 0.15) is 5.82 Å². The van der Waals surface area contributed by atoms with E-state index in [1.165, 1.54) is 19.2 Å². The first kappa shape index (κ1) is 21.9. The molecule has 1 saturated heterocycles. The molecule has 32 heavy (non-hydrogen) atoms. The van der Waals surface area contributed by atoms with E-state index in [4.69, 9.17) is 0 Å². The van der Waals surface area contributed by atoms with E-state index in [-0.39, 0.29) is 16.1 Å². The summed E-state index contributed by atoms with van der Waals surface area (Å²) in [5.41, 5.74) is 0.575. The van der Waals surface area contributed by atoms with Crippen molar-refractivity contribution in [2.75, 3.05) is 38.1 Å². The van der Waals surface area contributed by atoms with E-state index in [0.29, 0.717) is 55.1 Å². The standard InChI is InChI=1S/C20H22N6O5S/c1-21-32(30,31)14-6-7-17(18(12-14)26(28)29)25-10-8-24(9-11-25)13-19-22-16-5-3-2-4-15(16)20(27)23-19/h2-7,12,21H,8-11,13H2,1H3,(H,22,23,27). The van der Waals surface area contributed by atoms with Crippen molar-refractivity contribution < 1.29 is 13.3 Å². The van der Waals surface area contributed by atoms with Crippen LogP contribution in [0, 0.1) is 10.1 Å². The molecule has 0 aliphatic carbocycles. The Bertz CT molecular complexity index is 1330. The van der Waals surface area contributed by atoms with Crippen LogP contribution in [0.5, 0.6) is 0 Å². The van der Waals surface area contributed by atoms with E-state index in [1.807, 2.05) is 11.0 Å². The van der Waals surface area contributed by atoms with Gasteiger partial charge in [0, 0.05) is 32.2 Å². The van der Waals surface area contributed by atoms with Gasteiger partial charge in [0.25, 0.3) is 11.2 Å². The van der Waals surface area contributed by atoms with Crippen molar-refractivity contribution in [3.05, 3.63) is 68.8 Å². The average molecular weight is 459 g/mol. The van der Waals surface area contributed by atoms with E-state index in [2.05, 4.69) is 19.6 Å². The van der Waals surface area contributed by atoms with Crippen LogP contribution >= 0.6 is 0 Å². The van der Waals surface area contributed by atoms with Gasteiger partial charge >= 0.3 is 0 Å². The Morgan fingerprint density at radius 2 is 1.88 bits per heavy atom. The SMILES string of the molecule is CNS(=O)(=O)c1ccc(N2CCN(Cc3nc4ccccc4c(=O)[nH]3)CC2)c([N+](=O)[O-])c1. The summed E-state index contributed by atoms with van der Waals surface area (Å²) in [7, 11) is -2.53. The van der Waals surface area contributed by atoms with Crippen molar-refractivity contribution in [1.82, 2.24) is 19.6 Å². The van der Waals surface area contributed by atoms with E-state index >= 15 is 0 Å². The molecule has 3 aromatic rings. The van der Waals surface area contributed by atoms with Crippen LogP contribution < -0.4 is 15.2 Å². The Morgan fingerprint density at radius 1 is 1.16 bits per heavy atom. The van der Waals surface area contributed by atoms with E-state index in [1.54, 1.807) is 18.2 Å². The van der Waals surface area contributed by atoms with Gasteiger partial charge in [-0.3, -0.25) is 19.8 Å². The van der Waals surface area contributed by atoms with Crippen LogP contribution in [0.4, 0.5) is 11.4 Å². The zero-order valence-electron chi connectivity index (χ0n) is 17.3. The molecule has 1 aliphatic heterocycles. The molecule has 0 unspecified atom stereocenters. The van der Waals surface area contributed by atoms with Crippen molar-refractivity contribution in [2.24, 2.45) is 0 Å². The third kappa shape index (κ3) is 4.33. The van der Waals surface area contributed by atoms with Gasteiger partial charge in [-0.25, -0.2) is 18.1 Å². The Hall–Kier alpha value is -3.35. The number of benzene rings is 2. The van der Waals surface area contributed by atoms with Crippen molar-refractivity contribution in [3.63, 3.8) is 0 Å². The average Bonchev–Trinajstić information content (AvgIpc) is 2.79. The highest BCUT2D eigenvalue weighted by Gasteiger charge is 2.26. The van der Waals surface area contributed by atoms with E-state index in [0.717, 1.165) is 6.07 Å². The number of anilines is 1. The van der Waals surface area contributed by atoms with Crippen LogP contribution in [0.3, 0.4) is 0 Å². The number of rotatable bonds is 6. The predicted molar refractivity (Wildman–Crippen MR) is 119 cm³/mol. The molecule has 0 saturated carbocycles. The minimum Gasteiger partial charge on any atom is -0.363 e. The number of fused-ring (bicyclic) bond motifs is 1. The highest BCUT2D eigenvalue weighted by atomic mass is 32.2. The smallest absolute Gasteiger partial charge is 0.293 e. The second kappa shape index (κ2) is 8.65. The van der Waals surface area contributed by atoms with Crippen molar-refractivity contribution in [2.45, 2.75) is 11.4 Å². The third-order valence-corrected chi connectivity index (χ3v) is 6.88. The Balaban J connectivity index is 1.49. The Morgan fingerprint density at radius 3 is 2.56 bits per heavy atom. The van der Waals surface area contributed by atoms with Crippen LogP contribution in [0.15, 0.2) is 52.2 Å². The highest BCUT2D eigenvalue weighted by Crippen LogP contribution is 2.31. The Kier molecular flexibility index (Phi) is 5.91. The summed E-state index contributed by atoms with van der Waals surface area (Å²) >= 11 is 0. The maximum Gasteiger partial charge on any atom is 0.293 e. The second-order valence-electron chi connectivity index (χ2n) is 7.41. The second-order valence-corrected chi connectivity index (χ2v) is 9.29. The summed E-state index contributed by atoms with van der Waals surface area (Å²) in [5, 5.41) is 12.1. The van der Waals surface area contributed by atoms with Gasteiger partial charge in [0.1, 0.15) is 11.5 Å². The van der Waals surface area contributed by atoms with Gasteiger partial charge in [-0.05, 0) is 31.3 Å². The number of sulfonamides is 1. The zero-order chi connectivity index (χ0) is 22.9. The molecule has 1 aliphatic rings. The first-order chi connectivity index (χ1) is 15.3. The molecule has 0 bridgehead atoms. The molecular weight excluding hydrogens is 436 g/mol. The molecule has 2 aromatic carbocycles. The lowest BCUT2D eigenvalue weighted by atomic mass is 10.2. The van der Waals surface area contributed by atoms with Gasteiger partial charge < -0.3 is 9.88 Å². The summed E-state index contributed by atoms with van der Waals surface area (Å²) in [6.45, 7) is 2.68. The number of piperazine rings is 1. The number of nitro benzene ring substituents is 1. The first-order valence-electron chi connectivity index (χ1n) is 9.96. The summed E-state index contributed by atoms with van der Waals surface area (Å²) in [4.78, 5) is 34.4. The van der Waals surface area contributed by atoms with Crippen LogP contribution in [0.25, 0.3) is 10.9 Å². The molecule has 0 radical (unpaired) electrons. The summed E-state index contributed by atoms with van der Waals surface area (Å²) < 4.78 is 26.2. The van der Waals surface area contributed by atoms with Crippen LogP contribution in [-0.4, -0.2) is 61.4 Å². The van der Waals surface area contributed by atoms with Crippen molar-refractivity contribution >= 4 is 32.3 Å². The molecule has 11 nitrogen and oxygen atoms in total. The van der Waals surface area contributed by atoms with Gasteiger partial charge in [-0.15, -0.1) is 0 Å². The molecule has 2 N–H and O–H groups in total. The fraction of sp³-hybridized carbons (Fsp3) is 0.300. The van der Waals surface area contributed by atoms with Crippen molar-refractivity contribution in [3.8, 4) is 0 Å². The maximum absolute atomic E-state index is 12.3. The normalized spacial score (nSPS) is 15.2. The first-order valence-corrected chi connectivity index (χ1v) is 11.4. The number of H-pyrrole nitrogens is 1. The molecule has 4 rings (SSSR count). The molecular formula is C20H22N6O5S. The van der Waals surface area contributed by atoms with Crippen molar-refractivity contribution in [1.29, 1.82) is 0 Å². The number of nitrogens with zero attached hydrogens (tertiary/aromatic N) is 4. The van der Waals surface area contributed by atoms with Gasteiger partial charge in [0.15, 0.2) is 0 Å². The summed E-state index contributed by atoms with van der Waals surface area (Å²) in [5.74, 6) is 0.565. The molecule has 0 atom stereocenters. The van der Waals surface area contributed by atoms with Gasteiger partial charge in [0.2, 0.25) is 10.0 Å². The fourth-order valence-electron chi connectivity index (χ4n) is 3.77. The monoisotopic (exact) mass is 458 g/mol. The summed E-state index contributed by atoms with van der Waals surface area (Å²) in [6, 6.07) is 11.1. The highest BCUT2D eigenvalue weighted by molar-refractivity contribution is 7.89. The molecule has 1 fully saturated rings. The molecule has 12 heteroatoms. The topological polar surface area (TPSA) is 142 Å². The largest absolute Gasteiger partial charge is 0.363 e. The third-order valence-electron chi connectivity index (χ3n) is 5.47. The number of nitro groups is 1. The molecule has 0 spiro atoms.